The van der Waals surface area contributed by atoms with Crippen molar-refractivity contribution in [1.29, 1.82) is 0 Å². The van der Waals surface area contributed by atoms with Crippen LogP contribution in [0.4, 0.5) is 5.69 Å². The van der Waals surface area contributed by atoms with E-state index in [1.165, 1.54) is 25.1 Å². The third-order valence-corrected chi connectivity index (χ3v) is 3.07. The minimum Gasteiger partial charge on any atom is -0.383 e. The minimum absolute atomic E-state index is 0.0293. The van der Waals surface area contributed by atoms with E-state index in [2.05, 4.69) is 13.2 Å². The van der Waals surface area contributed by atoms with Crippen LogP contribution < -0.4 is 0 Å². The molecule has 1 aromatic carbocycles. The largest absolute Gasteiger partial charge is 0.383 e. The molecule has 0 aromatic heterocycles. The Kier molecular flexibility index (Phi) is 6.21. The molecule has 0 unspecified atom stereocenters. The molecule has 5 nitrogen and oxygen atoms in total. The van der Waals surface area contributed by atoms with Gasteiger partial charge in [0.05, 0.1) is 10.5 Å². The highest BCUT2D eigenvalue weighted by atomic mass is 16.6. The quantitative estimate of drug-likeness (QED) is 0.331. The number of ketones is 1. The van der Waals surface area contributed by atoms with E-state index in [0.29, 0.717) is 11.1 Å². The third-order valence-electron chi connectivity index (χ3n) is 3.07. The highest BCUT2D eigenvalue weighted by Gasteiger charge is 2.18. The van der Waals surface area contributed by atoms with Crippen LogP contribution in [0.1, 0.15) is 23.6 Å². The van der Waals surface area contributed by atoms with Crippen LogP contribution in [0.3, 0.4) is 0 Å². The molecular weight excluding hydrogens is 292 g/mol. The maximum atomic E-state index is 11.2. The van der Waals surface area contributed by atoms with E-state index in [0.717, 1.165) is 11.1 Å². The van der Waals surface area contributed by atoms with Crippen LogP contribution in [0.2, 0.25) is 0 Å². The van der Waals surface area contributed by atoms with E-state index >= 15 is 0 Å². The van der Waals surface area contributed by atoms with E-state index in [-0.39, 0.29) is 11.5 Å². The van der Waals surface area contributed by atoms with Crippen molar-refractivity contribution < 1.29 is 9.72 Å². The summed E-state index contributed by atoms with van der Waals surface area (Å²) >= 11 is 0. The van der Waals surface area contributed by atoms with Crippen molar-refractivity contribution in [1.82, 2.24) is 4.90 Å². The summed E-state index contributed by atoms with van der Waals surface area (Å²) in [6, 6.07) is 3.09. The van der Waals surface area contributed by atoms with E-state index in [1.807, 2.05) is 25.2 Å². The van der Waals surface area contributed by atoms with E-state index in [9.17, 15) is 14.9 Å². The molecule has 1 rings (SSSR count). The van der Waals surface area contributed by atoms with Crippen LogP contribution in [0, 0.1) is 10.1 Å². The Hall–Kier alpha value is -2.95. The molecule has 0 radical (unpaired) electrons. The van der Waals surface area contributed by atoms with Gasteiger partial charge in [-0.3, -0.25) is 14.9 Å². The Morgan fingerprint density at radius 3 is 2.22 bits per heavy atom. The number of nitro benzene ring substituents is 1. The number of nitrogens with zero attached hydrogens (tertiary/aromatic N) is 2. The van der Waals surface area contributed by atoms with Crippen molar-refractivity contribution in [3.8, 4) is 0 Å². The second-order valence-corrected chi connectivity index (χ2v) is 5.12. The SMILES string of the molecule is C=Cc1c(C(/C=C\C(C)=O)=C\N(C)C)ccc([N+](=O)[O-])c1C=C. The number of carbonyl (C=O) groups excluding carboxylic acids is 1. The molecule has 0 saturated carbocycles. The van der Waals surface area contributed by atoms with Gasteiger partial charge in [-0.2, -0.15) is 0 Å². The maximum absolute atomic E-state index is 11.2. The number of carbonyl (C=O) groups is 1. The fourth-order valence-corrected chi connectivity index (χ4v) is 2.16. The zero-order valence-electron chi connectivity index (χ0n) is 13.6. The van der Waals surface area contributed by atoms with Crippen LogP contribution in [0.25, 0.3) is 17.7 Å². The third kappa shape index (κ3) is 4.51. The van der Waals surface area contributed by atoms with E-state index in [4.69, 9.17) is 0 Å². The molecule has 120 valence electrons. The molecule has 0 amide bonds. The fraction of sp³-hybridized carbons (Fsp3) is 0.167. The number of hydrogen-bond donors (Lipinski definition) is 0. The van der Waals surface area contributed by atoms with Crippen LogP contribution in [-0.4, -0.2) is 29.7 Å². The Bertz CT molecular complexity index is 713. The molecule has 0 saturated heterocycles. The lowest BCUT2D eigenvalue weighted by molar-refractivity contribution is -0.385. The molecule has 5 heteroatoms. The zero-order valence-corrected chi connectivity index (χ0v) is 13.6. The average Bonchev–Trinajstić information content (AvgIpc) is 2.49. The molecular formula is C18H20N2O3. The lowest BCUT2D eigenvalue weighted by Gasteiger charge is -2.14. The van der Waals surface area contributed by atoms with Crippen LogP contribution >= 0.6 is 0 Å². The van der Waals surface area contributed by atoms with Crippen molar-refractivity contribution in [2.24, 2.45) is 0 Å². The first-order valence-corrected chi connectivity index (χ1v) is 6.95. The molecule has 0 aliphatic carbocycles. The van der Waals surface area contributed by atoms with Gasteiger partial charge in [-0.15, -0.1) is 0 Å². The second-order valence-electron chi connectivity index (χ2n) is 5.12. The summed E-state index contributed by atoms with van der Waals surface area (Å²) in [7, 11) is 3.71. The smallest absolute Gasteiger partial charge is 0.277 e. The first kappa shape index (κ1) is 18.1. The summed E-state index contributed by atoms with van der Waals surface area (Å²) in [5.74, 6) is -0.0827. The van der Waals surface area contributed by atoms with Crippen LogP contribution in [-0.2, 0) is 4.79 Å². The lowest BCUT2D eigenvalue weighted by Crippen LogP contribution is -2.04. The van der Waals surface area contributed by atoms with Gasteiger partial charge in [-0.1, -0.05) is 25.3 Å². The van der Waals surface area contributed by atoms with Gasteiger partial charge >= 0.3 is 0 Å². The van der Waals surface area contributed by atoms with Gasteiger partial charge in [0.2, 0.25) is 0 Å². The van der Waals surface area contributed by atoms with Crippen LogP contribution in [0.15, 0.2) is 43.6 Å². The Balaban J connectivity index is 3.67. The van der Waals surface area contributed by atoms with Gasteiger partial charge in [0, 0.05) is 26.4 Å². The lowest BCUT2D eigenvalue weighted by atomic mass is 9.93. The predicted octanol–water partition coefficient (Wildman–Crippen LogP) is 3.93. The number of allylic oxidation sites excluding steroid dienone is 3. The molecule has 0 aliphatic rings. The summed E-state index contributed by atoms with van der Waals surface area (Å²) in [4.78, 5) is 23.8. The van der Waals surface area contributed by atoms with Crippen molar-refractivity contribution in [3.63, 3.8) is 0 Å². The van der Waals surface area contributed by atoms with Crippen molar-refractivity contribution in [2.45, 2.75) is 6.92 Å². The normalized spacial score (nSPS) is 11.3. The van der Waals surface area contributed by atoms with E-state index < -0.39 is 4.92 Å². The highest BCUT2D eigenvalue weighted by molar-refractivity contribution is 5.92. The minimum atomic E-state index is -0.450. The number of nitro groups is 1. The maximum Gasteiger partial charge on any atom is 0.277 e. The van der Waals surface area contributed by atoms with Gasteiger partial charge < -0.3 is 4.90 Å². The monoisotopic (exact) mass is 312 g/mol. The number of rotatable bonds is 7. The van der Waals surface area contributed by atoms with Gasteiger partial charge in [0.25, 0.3) is 5.69 Å². The number of hydrogen-bond acceptors (Lipinski definition) is 4. The molecule has 0 atom stereocenters. The summed E-state index contributed by atoms with van der Waals surface area (Å²) in [6.45, 7) is 8.88. The summed E-state index contributed by atoms with van der Waals surface area (Å²) < 4.78 is 0. The summed E-state index contributed by atoms with van der Waals surface area (Å²) in [5, 5.41) is 11.2. The first-order valence-electron chi connectivity index (χ1n) is 6.95. The van der Waals surface area contributed by atoms with Gasteiger partial charge in [-0.25, -0.2) is 0 Å². The second kappa shape index (κ2) is 7.89. The van der Waals surface area contributed by atoms with Crippen LogP contribution in [0.5, 0.6) is 0 Å². The highest BCUT2D eigenvalue weighted by Crippen LogP contribution is 2.32. The average molecular weight is 312 g/mol. The summed E-state index contributed by atoms with van der Waals surface area (Å²) in [6.07, 6.45) is 7.98. The van der Waals surface area contributed by atoms with Crippen molar-refractivity contribution in [2.75, 3.05) is 14.1 Å². The molecule has 23 heavy (non-hydrogen) atoms. The number of benzene rings is 1. The molecule has 0 N–H and O–H groups in total. The van der Waals surface area contributed by atoms with Crippen molar-refractivity contribution >= 4 is 29.2 Å². The van der Waals surface area contributed by atoms with Crippen molar-refractivity contribution in [3.05, 3.63) is 70.4 Å². The molecule has 0 heterocycles. The predicted molar refractivity (Wildman–Crippen MR) is 94.8 cm³/mol. The van der Waals surface area contributed by atoms with Gasteiger partial charge in [0.1, 0.15) is 0 Å². The Labute approximate surface area is 136 Å². The van der Waals surface area contributed by atoms with Gasteiger partial charge in [-0.05, 0) is 41.8 Å². The standard InChI is InChI=1S/C18H20N2O3/c1-6-15-16(7-2)18(20(22)23)11-10-17(15)14(12-19(4)5)9-8-13(3)21/h6-12H,1-2H2,3-5H3/b9-8-,14-12-. The van der Waals surface area contributed by atoms with Gasteiger partial charge in [0.15, 0.2) is 5.78 Å². The topological polar surface area (TPSA) is 63.5 Å². The fourth-order valence-electron chi connectivity index (χ4n) is 2.16. The Morgan fingerprint density at radius 1 is 1.17 bits per heavy atom. The molecule has 0 aliphatic heterocycles. The zero-order chi connectivity index (χ0) is 17.6. The van der Waals surface area contributed by atoms with E-state index in [1.54, 1.807) is 18.2 Å². The molecule has 0 spiro atoms. The Morgan fingerprint density at radius 2 is 1.78 bits per heavy atom. The first-order chi connectivity index (χ1) is 10.8. The summed E-state index contributed by atoms with van der Waals surface area (Å²) in [5.41, 5.74) is 2.47. The molecule has 1 aromatic rings. The molecule has 0 fully saturated rings. The molecule has 0 bridgehead atoms.